The molecule has 5 nitrogen and oxygen atoms in total. The van der Waals surface area contributed by atoms with Gasteiger partial charge in [0.25, 0.3) is 0 Å². The van der Waals surface area contributed by atoms with E-state index in [1.54, 1.807) is 0 Å². The Morgan fingerprint density at radius 1 is 1.11 bits per heavy atom. The van der Waals surface area contributed by atoms with E-state index in [1.165, 1.54) is 0 Å². The Hall–Kier alpha value is -1.39. The molecule has 0 radical (unpaired) electrons. The molecule has 2 N–H and O–H groups in total. The fourth-order valence-corrected chi connectivity index (χ4v) is 2.25. The molecule has 1 rings (SSSR count). The standard InChI is InChI=1S/C13H22N2O3/c1-2-12(17)14-10-6-3-4-7-11(10)15-13(18)8-5-9-16/h9-11H,2-8H2,1H3,(H,14,17)(H,15,18). The van der Waals surface area contributed by atoms with Crippen molar-refractivity contribution < 1.29 is 14.4 Å². The molecule has 1 aliphatic carbocycles. The lowest BCUT2D eigenvalue weighted by atomic mass is 9.90. The Morgan fingerprint density at radius 3 is 2.17 bits per heavy atom. The van der Waals surface area contributed by atoms with Crippen LogP contribution < -0.4 is 10.6 Å². The largest absolute Gasteiger partial charge is 0.351 e. The maximum atomic E-state index is 11.6. The third-order valence-electron chi connectivity index (χ3n) is 3.27. The molecule has 5 heteroatoms. The lowest BCUT2D eigenvalue weighted by Gasteiger charge is -2.32. The topological polar surface area (TPSA) is 75.3 Å². The maximum Gasteiger partial charge on any atom is 0.220 e. The number of nitrogens with one attached hydrogen (secondary N) is 2. The summed E-state index contributed by atoms with van der Waals surface area (Å²) in [5.74, 6) is -0.0845. The zero-order valence-corrected chi connectivity index (χ0v) is 10.9. The second kappa shape index (κ2) is 7.84. The summed E-state index contributed by atoms with van der Waals surface area (Å²) < 4.78 is 0. The Bertz CT molecular complexity index is 305. The quantitative estimate of drug-likeness (QED) is 0.692. The Morgan fingerprint density at radius 2 is 1.67 bits per heavy atom. The smallest absolute Gasteiger partial charge is 0.220 e. The van der Waals surface area contributed by atoms with Crippen molar-refractivity contribution >= 4 is 18.1 Å². The van der Waals surface area contributed by atoms with E-state index in [9.17, 15) is 14.4 Å². The van der Waals surface area contributed by atoms with Crippen LogP contribution in [0.15, 0.2) is 0 Å². The Labute approximate surface area is 108 Å². The molecule has 2 unspecified atom stereocenters. The van der Waals surface area contributed by atoms with E-state index in [2.05, 4.69) is 10.6 Å². The summed E-state index contributed by atoms with van der Waals surface area (Å²) in [7, 11) is 0. The molecule has 102 valence electrons. The number of hydrogen-bond donors (Lipinski definition) is 2. The normalized spacial score (nSPS) is 23.2. The second-order valence-electron chi connectivity index (χ2n) is 4.69. The number of aldehydes is 1. The molecule has 2 amide bonds. The van der Waals surface area contributed by atoms with Gasteiger partial charge >= 0.3 is 0 Å². The van der Waals surface area contributed by atoms with Crippen LogP contribution in [0.5, 0.6) is 0 Å². The van der Waals surface area contributed by atoms with Gasteiger partial charge in [0, 0.05) is 31.3 Å². The SMILES string of the molecule is CCC(=O)NC1CCCCC1NC(=O)CCC=O. The van der Waals surface area contributed by atoms with Crippen molar-refractivity contribution in [2.24, 2.45) is 0 Å². The number of rotatable bonds is 6. The van der Waals surface area contributed by atoms with Crippen LogP contribution in [0.4, 0.5) is 0 Å². The average Bonchev–Trinajstić information content (AvgIpc) is 2.38. The van der Waals surface area contributed by atoms with Gasteiger partial charge in [-0.3, -0.25) is 9.59 Å². The van der Waals surface area contributed by atoms with Crippen LogP contribution in [-0.2, 0) is 14.4 Å². The van der Waals surface area contributed by atoms with Gasteiger partial charge in [-0.15, -0.1) is 0 Å². The van der Waals surface area contributed by atoms with Crippen molar-refractivity contribution in [3.05, 3.63) is 0 Å². The second-order valence-corrected chi connectivity index (χ2v) is 4.69. The molecular weight excluding hydrogens is 232 g/mol. The van der Waals surface area contributed by atoms with E-state index in [0.29, 0.717) is 6.42 Å². The average molecular weight is 254 g/mol. The molecule has 18 heavy (non-hydrogen) atoms. The van der Waals surface area contributed by atoms with Gasteiger partial charge in [-0.25, -0.2) is 0 Å². The first kappa shape index (κ1) is 14.7. The van der Waals surface area contributed by atoms with Gasteiger partial charge < -0.3 is 15.4 Å². The van der Waals surface area contributed by atoms with Gasteiger partial charge in [0.15, 0.2) is 0 Å². The fourth-order valence-electron chi connectivity index (χ4n) is 2.25. The molecule has 2 atom stereocenters. The summed E-state index contributed by atoms with van der Waals surface area (Å²) in [6.07, 6.45) is 5.64. The molecule has 0 aromatic carbocycles. The minimum Gasteiger partial charge on any atom is -0.351 e. The molecular formula is C13H22N2O3. The number of carbonyl (C=O) groups is 3. The van der Waals surface area contributed by atoms with Crippen LogP contribution in [0.1, 0.15) is 51.9 Å². The highest BCUT2D eigenvalue weighted by molar-refractivity contribution is 5.79. The van der Waals surface area contributed by atoms with E-state index >= 15 is 0 Å². The van der Waals surface area contributed by atoms with Crippen molar-refractivity contribution in [3.8, 4) is 0 Å². The Kier molecular flexibility index (Phi) is 6.39. The molecule has 1 aliphatic rings. The lowest BCUT2D eigenvalue weighted by Crippen LogP contribution is -2.53. The molecule has 0 spiro atoms. The van der Waals surface area contributed by atoms with E-state index in [0.717, 1.165) is 32.0 Å². The van der Waals surface area contributed by atoms with Gasteiger partial charge in [-0.2, -0.15) is 0 Å². The number of hydrogen-bond acceptors (Lipinski definition) is 3. The van der Waals surface area contributed by atoms with E-state index in [1.807, 2.05) is 6.92 Å². The number of carbonyl (C=O) groups excluding carboxylic acids is 3. The predicted molar refractivity (Wildman–Crippen MR) is 67.9 cm³/mol. The molecule has 0 aromatic rings. The maximum absolute atomic E-state index is 11.6. The summed E-state index contributed by atoms with van der Waals surface area (Å²) in [6.45, 7) is 1.82. The molecule has 0 aromatic heterocycles. The van der Waals surface area contributed by atoms with Crippen LogP contribution in [0, 0.1) is 0 Å². The summed E-state index contributed by atoms with van der Waals surface area (Å²) in [5.41, 5.74) is 0. The fraction of sp³-hybridized carbons (Fsp3) is 0.769. The van der Waals surface area contributed by atoms with Crippen molar-refractivity contribution in [1.29, 1.82) is 0 Å². The van der Waals surface area contributed by atoms with E-state index < -0.39 is 0 Å². The van der Waals surface area contributed by atoms with Gasteiger partial charge in [0.1, 0.15) is 6.29 Å². The monoisotopic (exact) mass is 254 g/mol. The van der Waals surface area contributed by atoms with Crippen LogP contribution >= 0.6 is 0 Å². The minimum absolute atomic E-state index is 0.00778. The van der Waals surface area contributed by atoms with Crippen molar-refractivity contribution in [1.82, 2.24) is 10.6 Å². The summed E-state index contributed by atoms with van der Waals surface area (Å²) in [6, 6.07) is 0.0415. The first-order chi connectivity index (χ1) is 8.67. The molecule has 1 saturated carbocycles. The molecule has 0 aliphatic heterocycles. The third kappa shape index (κ3) is 4.85. The van der Waals surface area contributed by atoms with Gasteiger partial charge in [0.05, 0.1) is 0 Å². The first-order valence-corrected chi connectivity index (χ1v) is 6.69. The molecule has 0 saturated heterocycles. The van der Waals surface area contributed by atoms with Crippen molar-refractivity contribution in [2.75, 3.05) is 0 Å². The summed E-state index contributed by atoms with van der Waals surface area (Å²) in [4.78, 5) is 33.2. The van der Waals surface area contributed by atoms with Crippen molar-refractivity contribution in [3.63, 3.8) is 0 Å². The Balaban J connectivity index is 2.45. The van der Waals surface area contributed by atoms with Gasteiger partial charge in [0.2, 0.25) is 11.8 Å². The summed E-state index contributed by atoms with van der Waals surface area (Å²) >= 11 is 0. The zero-order valence-electron chi connectivity index (χ0n) is 10.9. The van der Waals surface area contributed by atoms with Crippen LogP contribution in [0.2, 0.25) is 0 Å². The van der Waals surface area contributed by atoms with Crippen LogP contribution in [0.25, 0.3) is 0 Å². The summed E-state index contributed by atoms with van der Waals surface area (Å²) in [5, 5.41) is 5.88. The first-order valence-electron chi connectivity index (χ1n) is 6.69. The van der Waals surface area contributed by atoms with Gasteiger partial charge in [-0.05, 0) is 12.8 Å². The molecule has 1 fully saturated rings. The zero-order chi connectivity index (χ0) is 13.4. The number of amides is 2. The predicted octanol–water partition coefficient (Wildman–Crippen LogP) is 0.919. The highest BCUT2D eigenvalue weighted by Crippen LogP contribution is 2.19. The van der Waals surface area contributed by atoms with Crippen LogP contribution in [-0.4, -0.2) is 30.2 Å². The molecule has 0 bridgehead atoms. The lowest BCUT2D eigenvalue weighted by molar-refractivity contribution is -0.125. The highest BCUT2D eigenvalue weighted by atomic mass is 16.2. The van der Waals surface area contributed by atoms with E-state index in [-0.39, 0.29) is 36.7 Å². The third-order valence-corrected chi connectivity index (χ3v) is 3.27. The van der Waals surface area contributed by atoms with E-state index in [4.69, 9.17) is 0 Å². The van der Waals surface area contributed by atoms with Gasteiger partial charge in [-0.1, -0.05) is 19.8 Å². The van der Waals surface area contributed by atoms with Crippen LogP contribution in [0.3, 0.4) is 0 Å². The minimum atomic E-state index is -0.107. The molecule has 0 heterocycles. The van der Waals surface area contributed by atoms with Crippen molar-refractivity contribution in [2.45, 2.75) is 64.0 Å². The highest BCUT2D eigenvalue weighted by Gasteiger charge is 2.27.